The number of rotatable bonds is 5. The van der Waals surface area contributed by atoms with Gasteiger partial charge in [0.2, 0.25) is 0 Å². The Balaban J connectivity index is 1.26. The van der Waals surface area contributed by atoms with Crippen LogP contribution < -0.4 is 0 Å². The van der Waals surface area contributed by atoms with Gasteiger partial charge in [0.1, 0.15) is 0 Å². The van der Waals surface area contributed by atoms with Crippen molar-refractivity contribution in [1.82, 2.24) is 0 Å². The highest BCUT2D eigenvalue weighted by Crippen LogP contribution is 2.32. The minimum Gasteiger partial charge on any atom is -0.0622 e. The molecule has 6 aromatic rings. The van der Waals surface area contributed by atoms with Crippen molar-refractivity contribution in [2.45, 2.75) is 13.8 Å². The van der Waals surface area contributed by atoms with Crippen molar-refractivity contribution >= 4 is 0 Å². The van der Waals surface area contributed by atoms with Crippen LogP contribution in [0.5, 0.6) is 0 Å². The second-order valence-corrected chi connectivity index (χ2v) is 10.1. The molecule has 0 aliphatic carbocycles. The summed E-state index contributed by atoms with van der Waals surface area (Å²) in [6, 6.07) is 52.7. The van der Waals surface area contributed by atoms with Crippen molar-refractivity contribution < 1.29 is 0 Å². The third kappa shape index (κ3) is 5.08. The maximum Gasteiger partial charge on any atom is -0.0175 e. The molecule has 0 N–H and O–H groups in total. The van der Waals surface area contributed by atoms with E-state index in [9.17, 15) is 0 Å². The summed E-state index contributed by atoms with van der Waals surface area (Å²) < 4.78 is 0. The normalized spacial score (nSPS) is 10.9. The molecule has 0 atom stereocenters. The topological polar surface area (TPSA) is 0 Å². The van der Waals surface area contributed by atoms with E-state index in [0.29, 0.717) is 0 Å². The Bertz CT molecular complexity index is 1540. The van der Waals surface area contributed by atoms with E-state index < -0.39 is 0 Å². The molecule has 0 saturated carbocycles. The van der Waals surface area contributed by atoms with Gasteiger partial charge in [0.15, 0.2) is 0 Å². The summed E-state index contributed by atoms with van der Waals surface area (Å²) in [7, 11) is 0. The molecule has 0 nitrogen and oxygen atoms in total. The first-order chi connectivity index (χ1) is 18.6. The van der Waals surface area contributed by atoms with Crippen LogP contribution in [-0.2, 0) is 0 Å². The molecule has 6 rings (SSSR count). The fourth-order valence-corrected chi connectivity index (χ4v) is 5.20. The molecule has 0 spiro atoms. The molecular formula is C38H30. The molecular weight excluding hydrogens is 456 g/mol. The molecule has 0 heterocycles. The number of benzene rings is 6. The Morgan fingerprint density at radius 2 is 0.474 bits per heavy atom. The maximum atomic E-state index is 2.29. The summed E-state index contributed by atoms with van der Waals surface area (Å²) in [5, 5.41) is 0. The van der Waals surface area contributed by atoms with E-state index in [0.717, 1.165) is 0 Å². The van der Waals surface area contributed by atoms with Crippen molar-refractivity contribution in [3.8, 4) is 55.6 Å². The minimum atomic E-state index is 1.23. The van der Waals surface area contributed by atoms with Gasteiger partial charge in [-0.05, 0) is 92.7 Å². The van der Waals surface area contributed by atoms with Crippen LogP contribution >= 0.6 is 0 Å². The third-order valence-electron chi connectivity index (χ3n) is 7.14. The highest BCUT2D eigenvalue weighted by atomic mass is 14.1. The number of aryl methyl sites for hydroxylation is 2. The summed E-state index contributed by atoms with van der Waals surface area (Å²) in [5.41, 5.74) is 15.0. The van der Waals surface area contributed by atoms with Gasteiger partial charge in [-0.15, -0.1) is 0 Å². The Morgan fingerprint density at radius 1 is 0.237 bits per heavy atom. The zero-order chi connectivity index (χ0) is 25.9. The molecule has 0 radical (unpaired) electrons. The van der Waals surface area contributed by atoms with E-state index in [4.69, 9.17) is 0 Å². The lowest BCUT2D eigenvalue weighted by molar-refractivity contribution is 1.45. The van der Waals surface area contributed by atoms with Crippen molar-refractivity contribution in [2.75, 3.05) is 0 Å². The van der Waals surface area contributed by atoms with E-state index >= 15 is 0 Å². The molecule has 0 aliphatic rings. The van der Waals surface area contributed by atoms with Crippen LogP contribution in [0.15, 0.2) is 146 Å². The number of hydrogen-bond donors (Lipinski definition) is 0. The summed E-state index contributed by atoms with van der Waals surface area (Å²) in [6.07, 6.45) is 0. The summed E-state index contributed by atoms with van der Waals surface area (Å²) in [4.78, 5) is 0. The first kappa shape index (κ1) is 23.7. The van der Waals surface area contributed by atoms with Crippen LogP contribution in [-0.4, -0.2) is 0 Å². The van der Waals surface area contributed by atoms with Crippen LogP contribution in [0.2, 0.25) is 0 Å². The van der Waals surface area contributed by atoms with Gasteiger partial charge in [-0.1, -0.05) is 133 Å². The van der Waals surface area contributed by atoms with Gasteiger partial charge in [-0.2, -0.15) is 0 Å². The van der Waals surface area contributed by atoms with Crippen LogP contribution in [0.3, 0.4) is 0 Å². The lowest BCUT2D eigenvalue weighted by atomic mass is 9.94. The minimum absolute atomic E-state index is 1.23. The lowest BCUT2D eigenvalue weighted by Gasteiger charge is -2.11. The second-order valence-electron chi connectivity index (χ2n) is 10.1. The third-order valence-corrected chi connectivity index (χ3v) is 7.14. The first-order valence-electron chi connectivity index (χ1n) is 13.2. The predicted octanol–water partition coefficient (Wildman–Crippen LogP) is 10.6. The molecule has 6 aromatic carbocycles. The van der Waals surface area contributed by atoms with Crippen molar-refractivity contribution in [3.63, 3.8) is 0 Å². The molecule has 0 bridgehead atoms. The van der Waals surface area contributed by atoms with Gasteiger partial charge >= 0.3 is 0 Å². The average Bonchev–Trinajstić information content (AvgIpc) is 2.98. The second kappa shape index (κ2) is 10.4. The molecule has 0 unspecified atom stereocenters. The van der Waals surface area contributed by atoms with Crippen molar-refractivity contribution in [1.29, 1.82) is 0 Å². The Kier molecular flexibility index (Phi) is 6.46. The molecule has 0 fully saturated rings. The summed E-state index contributed by atoms with van der Waals surface area (Å²) in [5.74, 6) is 0. The fraction of sp³-hybridized carbons (Fsp3) is 0.0526. The van der Waals surface area contributed by atoms with E-state index in [1.165, 1.54) is 66.8 Å². The predicted molar refractivity (Wildman–Crippen MR) is 163 cm³/mol. The Morgan fingerprint density at radius 3 is 0.763 bits per heavy atom. The smallest absolute Gasteiger partial charge is 0.0175 e. The van der Waals surface area contributed by atoms with E-state index in [1.807, 2.05) is 0 Å². The SMILES string of the molecule is Cc1cc(-c2ccccc2)cc(-c2ccc(-c3ccc(-c4cc(C)cc(-c5ccccc5)c4)cc3)cc2)c1. The van der Waals surface area contributed by atoms with Gasteiger partial charge in [-0.3, -0.25) is 0 Å². The first-order valence-corrected chi connectivity index (χ1v) is 13.2. The van der Waals surface area contributed by atoms with Gasteiger partial charge in [0, 0.05) is 0 Å². The van der Waals surface area contributed by atoms with E-state index in [2.05, 4.69) is 159 Å². The molecule has 0 aliphatic heterocycles. The van der Waals surface area contributed by atoms with Gasteiger partial charge < -0.3 is 0 Å². The Hall–Kier alpha value is -4.68. The van der Waals surface area contributed by atoms with Crippen molar-refractivity contribution in [3.05, 3.63) is 157 Å². The monoisotopic (exact) mass is 486 g/mol. The zero-order valence-corrected chi connectivity index (χ0v) is 21.9. The highest BCUT2D eigenvalue weighted by molar-refractivity contribution is 5.78. The van der Waals surface area contributed by atoms with Crippen molar-refractivity contribution in [2.24, 2.45) is 0 Å². The summed E-state index contributed by atoms with van der Waals surface area (Å²) in [6.45, 7) is 4.34. The lowest BCUT2D eigenvalue weighted by Crippen LogP contribution is -1.86. The Labute approximate surface area is 225 Å². The van der Waals surface area contributed by atoms with Gasteiger partial charge in [-0.25, -0.2) is 0 Å². The average molecular weight is 487 g/mol. The molecule has 0 amide bonds. The zero-order valence-electron chi connectivity index (χ0n) is 21.9. The molecule has 38 heavy (non-hydrogen) atoms. The molecule has 182 valence electrons. The largest absolute Gasteiger partial charge is 0.0622 e. The molecule has 0 saturated heterocycles. The highest BCUT2D eigenvalue weighted by Gasteiger charge is 2.07. The van der Waals surface area contributed by atoms with Gasteiger partial charge in [0.25, 0.3) is 0 Å². The molecule has 0 aromatic heterocycles. The van der Waals surface area contributed by atoms with Crippen LogP contribution in [0, 0.1) is 13.8 Å². The van der Waals surface area contributed by atoms with E-state index in [-0.39, 0.29) is 0 Å². The molecule has 0 heteroatoms. The van der Waals surface area contributed by atoms with Gasteiger partial charge in [0.05, 0.1) is 0 Å². The maximum absolute atomic E-state index is 2.29. The fourth-order valence-electron chi connectivity index (χ4n) is 5.20. The van der Waals surface area contributed by atoms with Crippen LogP contribution in [0.1, 0.15) is 11.1 Å². The number of hydrogen-bond acceptors (Lipinski definition) is 0. The van der Waals surface area contributed by atoms with E-state index in [1.54, 1.807) is 0 Å². The quantitative estimate of drug-likeness (QED) is 0.227. The van der Waals surface area contributed by atoms with Crippen LogP contribution in [0.4, 0.5) is 0 Å². The van der Waals surface area contributed by atoms with Crippen LogP contribution in [0.25, 0.3) is 55.6 Å². The summed E-state index contributed by atoms with van der Waals surface area (Å²) >= 11 is 0. The standard InChI is InChI=1S/C38H30/c1-27-21-35(29-9-5-3-6-10-29)25-37(23-27)33-17-13-31(14-18-33)32-15-19-34(20-16-32)38-24-28(2)22-36(26-38)30-11-7-4-8-12-30/h3-26H,1-2H3.